The van der Waals surface area contributed by atoms with Gasteiger partial charge in [0.2, 0.25) is 0 Å². The van der Waals surface area contributed by atoms with Crippen molar-refractivity contribution in [3.63, 3.8) is 0 Å². The molecule has 0 saturated heterocycles. The summed E-state index contributed by atoms with van der Waals surface area (Å²) in [6.45, 7) is 2.78. The van der Waals surface area contributed by atoms with Crippen molar-refractivity contribution in [3.05, 3.63) is 22.7 Å². The fraction of sp³-hybridized carbons (Fsp3) is 0.300. The van der Waals surface area contributed by atoms with Crippen LogP contribution in [0.4, 0.5) is 5.69 Å². The van der Waals surface area contributed by atoms with Crippen LogP contribution in [0.3, 0.4) is 0 Å². The molecule has 0 fully saturated rings. The van der Waals surface area contributed by atoms with Gasteiger partial charge in [0.15, 0.2) is 0 Å². The van der Waals surface area contributed by atoms with E-state index in [0.717, 1.165) is 17.4 Å². The van der Waals surface area contributed by atoms with Gasteiger partial charge < -0.3 is 4.90 Å². The molecule has 1 aromatic carbocycles. The lowest BCUT2D eigenvalue weighted by molar-refractivity contribution is 0.597. The predicted molar refractivity (Wildman–Crippen MR) is 67.5 cm³/mol. The molecule has 0 spiro atoms. The molecule has 0 bridgehead atoms. The monoisotopic (exact) mass is 302 g/mol. The SMILES string of the molecule is CCCN1C=NS(=O)(=O)c2cccc(Br)c21. The van der Waals surface area contributed by atoms with Crippen LogP contribution in [0.25, 0.3) is 0 Å². The van der Waals surface area contributed by atoms with Crippen LogP contribution in [0.2, 0.25) is 0 Å². The van der Waals surface area contributed by atoms with E-state index in [0.29, 0.717) is 5.69 Å². The Kier molecular flexibility index (Phi) is 3.03. The maximum absolute atomic E-state index is 11.7. The summed E-state index contributed by atoms with van der Waals surface area (Å²) in [5.74, 6) is 0. The Hall–Kier alpha value is -0.880. The first-order valence-corrected chi connectivity index (χ1v) is 7.15. The minimum atomic E-state index is -3.52. The van der Waals surface area contributed by atoms with Crippen LogP contribution in [0.1, 0.15) is 13.3 Å². The molecule has 0 amide bonds. The second-order valence-electron chi connectivity index (χ2n) is 3.48. The maximum atomic E-state index is 11.7. The van der Waals surface area contributed by atoms with Crippen LogP contribution in [0.5, 0.6) is 0 Å². The number of benzene rings is 1. The molecule has 0 aromatic heterocycles. The lowest BCUT2D eigenvalue weighted by atomic mass is 10.3. The van der Waals surface area contributed by atoms with Gasteiger partial charge in [-0.25, -0.2) is 0 Å². The summed E-state index contributed by atoms with van der Waals surface area (Å²) in [4.78, 5) is 2.11. The van der Waals surface area contributed by atoms with Gasteiger partial charge in [-0.2, -0.15) is 8.42 Å². The van der Waals surface area contributed by atoms with Crippen molar-refractivity contribution < 1.29 is 8.42 Å². The summed E-state index contributed by atoms with van der Waals surface area (Å²) in [5.41, 5.74) is 0.680. The summed E-state index contributed by atoms with van der Waals surface area (Å²) >= 11 is 3.38. The van der Waals surface area contributed by atoms with Gasteiger partial charge in [0, 0.05) is 11.0 Å². The van der Waals surface area contributed by atoms with Crippen molar-refractivity contribution in [2.24, 2.45) is 4.40 Å². The highest BCUT2D eigenvalue weighted by Crippen LogP contribution is 2.35. The predicted octanol–water partition coefficient (Wildman–Crippen LogP) is 2.40. The Morgan fingerprint density at radius 3 is 2.88 bits per heavy atom. The normalized spacial score (nSPS) is 17.2. The molecule has 1 heterocycles. The van der Waals surface area contributed by atoms with Crippen molar-refractivity contribution in [3.8, 4) is 0 Å². The molecule has 1 aromatic rings. The topological polar surface area (TPSA) is 49.7 Å². The standard InChI is InChI=1S/C10H11BrN2O2S/c1-2-6-13-7-12-16(14,15)9-5-3-4-8(11)10(9)13/h3-5,7H,2,6H2,1H3. The Morgan fingerprint density at radius 2 is 2.19 bits per heavy atom. The van der Waals surface area contributed by atoms with Crippen molar-refractivity contribution >= 4 is 38.0 Å². The Labute approximate surface area is 103 Å². The van der Waals surface area contributed by atoms with Crippen LogP contribution in [-0.2, 0) is 10.0 Å². The summed E-state index contributed by atoms with van der Waals surface area (Å²) in [7, 11) is -3.52. The zero-order valence-corrected chi connectivity index (χ0v) is 11.1. The third-order valence-corrected chi connectivity index (χ3v) is 4.20. The third-order valence-electron chi connectivity index (χ3n) is 2.30. The zero-order chi connectivity index (χ0) is 11.8. The quantitative estimate of drug-likeness (QED) is 0.843. The molecule has 0 unspecified atom stereocenters. The van der Waals surface area contributed by atoms with E-state index in [1.807, 2.05) is 17.9 Å². The molecule has 6 heteroatoms. The molecule has 0 atom stereocenters. The molecule has 0 N–H and O–H groups in total. The van der Waals surface area contributed by atoms with Crippen LogP contribution >= 0.6 is 15.9 Å². The van der Waals surface area contributed by atoms with Crippen LogP contribution in [0, 0.1) is 0 Å². The number of nitrogens with zero attached hydrogens (tertiary/aromatic N) is 2. The van der Waals surface area contributed by atoms with Crippen molar-refractivity contribution in [2.75, 3.05) is 11.4 Å². The van der Waals surface area contributed by atoms with Gasteiger partial charge in [0.25, 0.3) is 10.0 Å². The Bertz CT molecular complexity index is 540. The van der Waals surface area contributed by atoms with E-state index in [2.05, 4.69) is 20.3 Å². The van der Waals surface area contributed by atoms with Gasteiger partial charge in [-0.3, -0.25) is 0 Å². The molecule has 1 aliphatic rings. The van der Waals surface area contributed by atoms with Gasteiger partial charge in [-0.15, -0.1) is 4.40 Å². The number of hydrogen-bond acceptors (Lipinski definition) is 3. The first-order valence-electron chi connectivity index (χ1n) is 4.92. The van der Waals surface area contributed by atoms with Gasteiger partial charge in [0.1, 0.15) is 11.2 Å². The van der Waals surface area contributed by atoms with E-state index >= 15 is 0 Å². The summed E-state index contributed by atoms with van der Waals surface area (Å²) in [6, 6.07) is 5.11. The highest BCUT2D eigenvalue weighted by molar-refractivity contribution is 9.10. The average Bonchev–Trinajstić information content (AvgIpc) is 2.23. The summed E-state index contributed by atoms with van der Waals surface area (Å²) < 4.78 is 27.8. The number of para-hydroxylation sites is 1. The first-order chi connectivity index (χ1) is 7.56. The lowest BCUT2D eigenvalue weighted by Gasteiger charge is -2.25. The Morgan fingerprint density at radius 1 is 1.44 bits per heavy atom. The van der Waals surface area contributed by atoms with Crippen LogP contribution in [-0.4, -0.2) is 21.3 Å². The molecule has 4 nitrogen and oxygen atoms in total. The first kappa shape index (κ1) is 11.6. The van der Waals surface area contributed by atoms with Gasteiger partial charge in [0.05, 0.1) is 5.69 Å². The van der Waals surface area contributed by atoms with Gasteiger partial charge >= 0.3 is 0 Å². The molecular weight excluding hydrogens is 292 g/mol. The largest absolute Gasteiger partial charge is 0.330 e. The minimum absolute atomic E-state index is 0.262. The number of halogens is 1. The highest BCUT2D eigenvalue weighted by atomic mass is 79.9. The highest BCUT2D eigenvalue weighted by Gasteiger charge is 2.26. The second kappa shape index (κ2) is 4.18. The molecular formula is C10H11BrN2O2S. The van der Waals surface area contributed by atoms with Gasteiger partial charge in [-0.05, 0) is 34.5 Å². The smallest absolute Gasteiger partial charge is 0.285 e. The van der Waals surface area contributed by atoms with E-state index in [4.69, 9.17) is 0 Å². The van der Waals surface area contributed by atoms with E-state index < -0.39 is 10.0 Å². The second-order valence-corrected chi connectivity index (χ2v) is 5.93. The fourth-order valence-corrected chi connectivity index (χ4v) is 3.43. The average molecular weight is 303 g/mol. The van der Waals surface area contributed by atoms with Crippen molar-refractivity contribution in [1.29, 1.82) is 0 Å². The number of hydrogen-bond donors (Lipinski definition) is 0. The fourth-order valence-electron chi connectivity index (χ4n) is 1.63. The minimum Gasteiger partial charge on any atom is -0.330 e. The maximum Gasteiger partial charge on any atom is 0.285 e. The molecule has 0 saturated carbocycles. The molecule has 0 radical (unpaired) electrons. The number of anilines is 1. The zero-order valence-electron chi connectivity index (χ0n) is 8.72. The van der Waals surface area contributed by atoms with Crippen LogP contribution < -0.4 is 4.90 Å². The lowest BCUT2D eigenvalue weighted by Crippen LogP contribution is -2.28. The van der Waals surface area contributed by atoms with Crippen molar-refractivity contribution in [2.45, 2.75) is 18.2 Å². The molecule has 0 aliphatic carbocycles. The van der Waals surface area contributed by atoms with E-state index in [-0.39, 0.29) is 4.90 Å². The molecule has 86 valence electrons. The van der Waals surface area contributed by atoms with Crippen molar-refractivity contribution in [1.82, 2.24) is 0 Å². The number of sulfonamides is 1. The number of rotatable bonds is 2. The molecule has 16 heavy (non-hydrogen) atoms. The van der Waals surface area contributed by atoms with Crippen LogP contribution in [0.15, 0.2) is 32.0 Å². The molecule has 2 rings (SSSR count). The van der Waals surface area contributed by atoms with E-state index in [1.54, 1.807) is 12.1 Å². The summed E-state index contributed by atoms with van der Waals surface area (Å²) in [6.07, 6.45) is 2.30. The summed E-state index contributed by atoms with van der Waals surface area (Å²) in [5, 5.41) is 0. The van der Waals surface area contributed by atoms with Gasteiger partial charge in [-0.1, -0.05) is 13.0 Å². The van der Waals surface area contributed by atoms with E-state index in [9.17, 15) is 8.42 Å². The Balaban J connectivity index is 2.64. The third kappa shape index (κ3) is 1.87. The number of fused-ring (bicyclic) bond motifs is 1. The molecule has 1 aliphatic heterocycles. The van der Waals surface area contributed by atoms with E-state index in [1.165, 1.54) is 6.34 Å².